The molecule has 2 N–H and O–H groups in total. The molecule has 0 radical (unpaired) electrons. The van der Waals surface area contributed by atoms with Crippen LogP contribution in [0.3, 0.4) is 0 Å². The second-order valence-corrected chi connectivity index (χ2v) is 5.68. The Balaban J connectivity index is 1.69. The van der Waals surface area contributed by atoms with Gasteiger partial charge >= 0.3 is 0 Å². The summed E-state index contributed by atoms with van der Waals surface area (Å²) in [7, 11) is 0. The third kappa shape index (κ3) is 2.50. The van der Waals surface area contributed by atoms with Crippen LogP contribution in [-0.2, 0) is 6.54 Å². The number of hydrogen-bond donors (Lipinski definition) is 1. The van der Waals surface area contributed by atoms with E-state index in [2.05, 4.69) is 15.2 Å². The summed E-state index contributed by atoms with van der Waals surface area (Å²) >= 11 is 1.91. The van der Waals surface area contributed by atoms with Gasteiger partial charge < -0.3 is 10.3 Å². The zero-order valence-electron chi connectivity index (χ0n) is 9.95. The highest BCUT2D eigenvalue weighted by Crippen LogP contribution is 2.36. The van der Waals surface area contributed by atoms with Crippen molar-refractivity contribution in [2.45, 2.75) is 31.1 Å². The van der Waals surface area contributed by atoms with E-state index in [4.69, 9.17) is 10.3 Å². The summed E-state index contributed by atoms with van der Waals surface area (Å²) in [5, 5.41) is 8.54. The molecule has 1 saturated heterocycles. The van der Waals surface area contributed by atoms with Gasteiger partial charge in [-0.15, -0.1) is 0 Å². The van der Waals surface area contributed by atoms with Crippen molar-refractivity contribution in [1.29, 1.82) is 0 Å². The Morgan fingerprint density at radius 1 is 1.50 bits per heavy atom. The molecular formula is C11H15N5OS. The molecule has 3 heterocycles. The molecule has 0 saturated carbocycles. The van der Waals surface area contributed by atoms with Crippen LogP contribution in [-0.4, -0.2) is 25.7 Å². The molecule has 3 rings (SSSR count). The predicted octanol–water partition coefficient (Wildman–Crippen LogP) is 1.85. The van der Waals surface area contributed by atoms with E-state index in [1.165, 1.54) is 18.6 Å². The molecule has 1 unspecified atom stereocenters. The molecule has 1 fully saturated rings. The Bertz CT molecular complexity index is 517. The minimum Gasteiger partial charge on any atom is -0.396 e. The third-order valence-electron chi connectivity index (χ3n) is 2.90. The van der Waals surface area contributed by atoms with Gasteiger partial charge in [-0.25, -0.2) is 0 Å². The van der Waals surface area contributed by atoms with Crippen molar-refractivity contribution < 1.29 is 4.52 Å². The maximum atomic E-state index is 5.60. The molecule has 0 amide bonds. The van der Waals surface area contributed by atoms with Gasteiger partial charge in [-0.2, -0.15) is 21.8 Å². The van der Waals surface area contributed by atoms with Crippen molar-refractivity contribution in [3.8, 4) is 0 Å². The first-order chi connectivity index (χ1) is 8.81. The second kappa shape index (κ2) is 5.01. The first-order valence-corrected chi connectivity index (χ1v) is 7.08. The first-order valence-electron chi connectivity index (χ1n) is 6.03. The van der Waals surface area contributed by atoms with Gasteiger partial charge in [0.1, 0.15) is 6.54 Å². The van der Waals surface area contributed by atoms with Gasteiger partial charge in [0, 0.05) is 6.20 Å². The molecule has 1 aliphatic rings. The van der Waals surface area contributed by atoms with E-state index < -0.39 is 0 Å². The Hall–Kier alpha value is -1.50. The van der Waals surface area contributed by atoms with Gasteiger partial charge in [0.25, 0.3) is 0 Å². The fourth-order valence-corrected chi connectivity index (χ4v) is 3.25. The van der Waals surface area contributed by atoms with E-state index in [0.29, 0.717) is 23.4 Å². The fourth-order valence-electron chi connectivity index (χ4n) is 2.01. The monoisotopic (exact) mass is 265 g/mol. The second-order valence-electron chi connectivity index (χ2n) is 4.37. The average molecular weight is 265 g/mol. The van der Waals surface area contributed by atoms with Crippen molar-refractivity contribution in [3.05, 3.63) is 24.1 Å². The molecule has 7 heteroatoms. The highest BCUT2D eigenvalue weighted by molar-refractivity contribution is 7.99. The van der Waals surface area contributed by atoms with Crippen molar-refractivity contribution in [2.24, 2.45) is 0 Å². The van der Waals surface area contributed by atoms with E-state index in [9.17, 15) is 0 Å². The Morgan fingerprint density at radius 3 is 3.17 bits per heavy atom. The third-order valence-corrected chi connectivity index (χ3v) is 4.28. The summed E-state index contributed by atoms with van der Waals surface area (Å²) in [5.41, 5.74) is 6.24. The minimum absolute atomic E-state index is 0.388. The molecule has 2 aromatic heterocycles. The van der Waals surface area contributed by atoms with Crippen LogP contribution in [0.5, 0.6) is 0 Å². The van der Waals surface area contributed by atoms with Gasteiger partial charge in [0.05, 0.1) is 17.1 Å². The van der Waals surface area contributed by atoms with E-state index in [1.807, 2.05) is 11.8 Å². The zero-order chi connectivity index (χ0) is 12.4. The topological polar surface area (TPSA) is 82.8 Å². The van der Waals surface area contributed by atoms with Gasteiger partial charge in [-0.3, -0.25) is 4.68 Å². The van der Waals surface area contributed by atoms with E-state index in [-0.39, 0.29) is 0 Å². The maximum absolute atomic E-state index is 5.60. The van der Waals surface area contributed by atoms with Crippen molar-refractivity contribution in [2.75, 3.05) is 11.5 Å². The van der Waals surface area contributed by atoms with E-state index in [1.54, 1.807) is 17.1 Å². The summed E-state index contributed by atoms with van der Waals surface area (Å²) in [6.07, 6.45) is 7.03. The lowest BCUT2D eigenvalue weighted by Gasteiger charge is -2.17. The molecule has 18 heavy (non-hydrogen) atoms. The molecule has 1 atom stereocenters. The summed E-state index contributed by atoms with van der Waals surface area (Å²) in [6.45, 7) is 0.474. The number of aromatic nitrogens is 4. The highest BCUT2D eigenvalue weighted by Gasteiger charge is 2.21. The maximum Gasteiger partial charge on any atom is 0.248 e. The smallest absolute Gasteiger partial charge is 0.248 e. The minimum atomic E-state index is 0.388. The van der Waals surface area contributed by atoms with Gasteiger partial charge in [-0.1, -0.05) is 11.6 Å². The van der Waals surface area contributed by atoms with Crippen LogP contribution < -0.4 is 5.73 Å². The zero-order valence-corrected chi connectivity index (χ0v) is 10.8. The highest BCUT2D eigenvalue weighted by atomic mass is 32.2. The Morgan fingerprint density at radius 2 is 2.44 bits per heavy atom. The lowest BCUT2D eigenvalue weighted by Crippen LogP contribution is -2.04. The molecule has 2 aromatic rings. The van der Waals surface area contributed by atoms with Crippen LogP contribution in [0.1, 0.15) is 36.2 Å². The van der Waals surface area contributed by atoms with Crippen LogP contribution in [0.4, 0.5) is 5.69 Å². The number of hydrogen-bond acceptors (Lipinski definition) is 6. The molecule has 0 aromatic carbocycles. The molecule has 96 valence electrons. The largest absolute Gasteiger partial charge is 0.396 e. The van der Waals surface area contributed by atoms with E-state index in [0.717, 1.165) is 12.2 Å². The summed E-state index contributed by atoms with van der Waals surface area (Å²) in [4.78, 5) is 4.44. The SMILES string of the molecule is Nc1cnn(Cc2nc(C3CCCCS3)no2)c1. The van der Waals surface area contributed by atoms with Crippen molar-refractivity contribution in [3.63, 3.8) is 0 Å². The number of thioether (sulfide) groups is 1. The quantitative estimate of drug-likeness (QED) is 0.912. The molecule has 0 aliphatic carbocycles. The Labute approximate surface area is 109 Å². The van der Waals surface area contributed by atoms with Crippen molar-refractivity contribution in [1.82, 2.24) is 19.9 Å². The number of nitrogens with two attached hydrogens (primary N) is 1. The van der Waals surface area contributed by atoms with Crippen molar-refractivity contribution >= 4 is 17.4 Å². The number of nitrogens with zero attached hydrogens (tertiary/aromatic N) is 4. The van der Waals surface area contributed by atoms with Gasteiger partial charge in [0.2, 0.25) is 5.89 Å². The van der Waals surface area contributed by atoms with Crippen LogP contribution >= 0.6 is 11.8 Å². The van der Waals surface area contributed by atoms with Crippen LogP contribution in [0.25, 0.3) is 0 Å². The average Bonchev–Trinajstić information content (AvgIpc) is 3.01. The van der Waals surface area contributed by atoms with E-state index >= 15 is 0 Å². The Kier molecular flexibility index (Phi) is 3.22. The lowest BCUT2D eigenvalue weighted by atomic mass is 10.2. The number of nitrogen functional groups attached to an aromatic ring is 1. The standard InChI is InChI=1S/C11H15N5OS/c12-8-5-13-16(6-8)7-10-14-11(15-17-10)9-3-1-2-4-18-9/h5-6,9H,1-4,7,12H2. The molecule has 6 nitrogen and oxygen atoms in total. The normalized spacial score (nSPS) is 20.1. The van der Waals surface area contributed by atoms with Gasteiger partial charge in [0.15, 0.2) is 5.82 Å². The van der Waals surface area contributed by atoms with Crippen LogP contribution in [0.2, 0.25) is 0 Å². The lowest BCUT2D eigenvalue weighted by molar-refractivity contribution is 0.360. The molecule has 0 bridgehead atoms. The molecule has 0 spiro atoms. The summed E-state index contributed by atoms with van der Waals surface area (Å²) in [6, 6.07) is 0. The first kappa shape index (κ1) is 11.6. The van der Waals surface area contributed by atoms with Gasteiger partial charge in [-0.05, 0) is 18.6 Å². The summed E-state index contributed by atoms with van der Waals surface area (Å²) in [5.74, 6) is 2.58. The molecular weight excluding hydrogens is 250 g/mol. The van der Waals surface area contributed by atoms with Crippen LogP contribution in [0.15, 0.2) is 16.9 Å². The number of anilines is 1. The molecule has 1 aliphatic heterocycles. The summed E-state index contributed by atoms with van der Waals surface area (Å²) < 4.78 is 6.95. The fraction of sp³-hybridized carbons (Fsp3) is 0.545. The number of rotatable bonds is 3. The van der Waals surface area contributed by atoms with Crippen LogP contribution in [0, 0.1) is 0 Å². The predicted molar refractivity (Wildman–Crippen MR) is 69.1 cm³/mol.